The molecule has 0 aliphatic carbocycles. The summed E-state index contributed by atoms with van der Waals surface area (Å²) in [4.78, 5) is 24.7. The summed E-state index contributed by atoms with van der Waals surface area (Å²) in [6.07, 6.45) is 1.46. The van der Waals surface area contributed by atoms with Crippen molar-refractivity contribution in [3.8, 4) is 17.6 Å². The maximum absolute atomic E-state index is 12.4. The summed E-state index contributed by atoms with van der Waals surface area (Å²) < 4.78 is 11.0. The number of carbonyl (C=O) groups is 2. The van der Waals surface area contributed by atoms with E-state index in [4.69, 9.17) is 21.1 Å². The zero-order valence-corrected chi connectivity index (χ0v) is 20.1. The van der Waals surface area contributed by atoms with Gasteiger partial charge in [0.25, 0.3) is 11.8 Å². The molecular formula is C27H24ClN3O4. The lowest BCUT2D eigenvalue weighted by atomic mass is 10.1. The van der Waals surface area contributed by atoms with Gasteiger partial charge < -0.3 is 20.1 Å². The van der Waals surface area contributed by atoms with Crippen LogP contribution in [0.25, 0.3) is 6.08 Å². The third-order valence-electron chi connectivity index (χ3n) is 4.97. The van der Waals surface area contributed by atoms with Crippen molar-refractivity contribution in [1.29, 1.82) is 5.26 Å². The molecule has 0 spiro atoms. The highest BCUT2D eigenvalue weighted by molar-refractivity contribution is 6.31. The Kier molecular flexibility index (Phi) is 8.88. The van der Waals surface area contributed by atoms with E-state index in [-0.39, 0.29) is 18.1 Å². The average molecular weight is 490 g/mol. The largest absolute Gasteiger partial charge is 0.493 e. The molecule has 3 rings (SSSR count). The van der Waals surface area contributed by atoms with Crippen LogP contribution in [0, 0.1) is 18.3 Å². The van der Waals surface area contributed by atoms with Crippen molar-refractivity contribution >= 4 is 35.2 Å². The van der Waals surface area contributed by atoms with E-state index in [0.717, 1.165) is 11.1 Å². The molecule has 0 aliphatic rings. The fourth-order valence-corrected chi connectivity index (χ4v) is 3.27. The van der Waals surface area contributed by atoms with Gasteiger partial charge in [-0.2, -0.15) is 5.26 Å². The quantitative estimate of drug-likeness (QED) is 0.329. The maximum Gasteiger partial charge on any atom is 0.262 e. The van der Waals surface area contributed by atoms with Gasteiger partial charge in [-0.3, -0.25) is 9.59 Å². The molecule has 2 N–H and O–H groups in total. The molecule has 0 saturated carbocycles. The van der Waals surface area contributed by atoms with E-state index in [1.54, 1.807) is 30.3 Å². The van der Waals surface area contributed by atoms with E-state index in [1.807, 2.05) is 49.4 Å². The van der Waals surface area contributed by atoms with Crippen molar-refractivity contribution in [3.63, 3.8) is 0 Å². The molecule has 0 aromatic heterocycles. The molecule has 0 saturated heterocycles. The second-order valence-electron chi connectivity index (χ2n) is 7.55. The fraction of sp³-hybridized carbons (Fsp3) is 0.148. The van der Waals surface area contributed by atoms with Gasteiger partial charge in [0, 0.05) is 17.3 Å². The number of nitrogens with one attached hydrogen (secondary N) is 2. The minimum atomic E-state index is -0.483. The van der Waals surface area contributed by atoms with Gasteiger partial charge in [0.2, 0.25) is 0 Å². The zero-order chi connectivity index (χ0) is 25.2. The first kappa shape index (κ1) is 25.3. The minimum absolute atomic E-state index is 0.0483. The number of hydrogen-bond acceptors (Lipinski definition) is 5. The standard InChI is InChI=1S/C27H24ClN3O4/c1-18-8-10-22(14-23(18)28)31-26(32)17-35-24-11-9-20(13-25(24)34-2)12-21(15-29)27(33)30-16-19-6-4-3-5-7-19/h3-14H,16-17H2,1-2H3,(H,30,33)(H,31,32)/b21-12+. The van der Waals surface area contributed by atoms with Crippen LogP contribution in [0.1, 0.15) is 16.7 Å². The first-order chi connectivity index (χ1) is 16.9. The van der Waals surface area contributed by atoms with Crippen LogP contribution < -0.4 is 20.1 Å². The van der Waals surface area contributed by atoms with Crippen molar-refractivity contribution in [3.05, 3.63) is 94.0 Å². The first-order valence-corrected chi connectivity index (χ1v) is 11.1. The molecule has 2 amide bonds. The molecule has 3 aromatic carbocycles. The second kappa shape index (κ2) is 12.3. The Balaban J connectivity index is 1.63. The van der Waals surface area contributed by atoms with Crippen molar-refractivity contribution < 1.29 is 19.1 Å². The summed E-state index contributed by atoms with van der Waals surface area (Å²) in [5.41, 5.74) is 2.92. The number of nitriles is 1. The van der Waals surface area contributed by atoms with E-state index in [9.17, 15) is 14.9 Å². The van der Waals surface area contributed by atoms with E-state index in [1.165, 1.54) is 13.2 Å². The third-order valence-corrected chi connectivity index (χ3v) is 5.38. The lowest BCUT2D eigenvalue weighted by molar-refractivity contribution is -0.118. The predicted molar refractivity (Wildman–Crippen MR) is 135 cm³/mol. The number of anilines is 1. The number of rotatable bonds is 9. The number of nitrogens with zero attached hydrogens (tertiary/aromatic N) is 1. The minimum Gasteiger partial charge on any atom is -0.493 e. The Bertz CT molecular complexity index is 1280. The van der Waals surface area contributed by atoms with Crippen LogP contribution >= 0.6 is 11.6 Å². The predicted octanol–water partition coefficient (Wildman–Crippen LogP) is 4.90. The summed E-state index contributed by atoms with van der Waals surface area (Å²) in [6, 6.07) is 21.5. The van der Waals surface area contributed by atoms with E-state index >= 15 is 0 Å². The fourth-order valence-electron chi connectivity index (χ4n) is 3.09. The lowest BCUT2D eigenvalue weighted by Gasteiger charge is -2.12. The molecule has 35 heavy (non-hydrogen) atoms. The normalized spacial score (nSPS) is 10.7. The molecule has 7 nitrogen and oxygen atoms in total. The Hall–Kier alpha value is -4.28. The average Bonchev–Trinajstić information content (AvgIpc) is 2.87. The molecule has 0 atom stereocenters. The van der Waals surface area contributed by atoms with Gasteiger partial charge in [0.05, 0.1) is 7.11 Å². The van der Waals surface area contributed by atoms with Gasteiger partial charge in [0.1, 0.15) is 11.6 Å². The highest BCUT2D eigenvalue weighted by Crippen LogP contribution is 2.29. The summed E-state index contributed by atoms with van der Waals surface area (Å²) in [5, 5.41) is 15.5. The van der Waals surface area contributed by atoms with Gasteiger partial charge in [-0.1, -0.05) is 54.1 Å². The van der Waals surface area contributed by atoms with Crippen molar-refractivity contribution in [2.45, 2.75) is 13.5 Å². The molecule has 8 heteroatoms. The first-order valence-electron chi connectivity index (χ1n) is 10.7. The number of amides is 2. The van der Waals surface area contributed by atoms with Crippen LogP contribution in [-0.4, -0.2) is 25.5 Å². The van der Waals surface area contributed by atoms with E-state index in [2.05, 4.69) is 10.6 Å². The van der Waals surface area contributed by atoms with Gasteiger partial charge in [-0.15, -0.1) is 0 Å². The Morgan fingerprint density at radius 3 is 2.51 bits per heavy atom. The molecular weight excluding hydrogens is 466 g/mol. The highest BCUT2D eigenvalue weighted by atomic mass is 35.5. The van der Waals surface area contributed by atoms with Gasteiger partial charge in [-0.05, 0) is 54.0 Å². The molecule has 0 bridgehead atoms. The Morgan fingerprint density at radius 1 is 1.06 bits per heavy atom. The molecule has 0 aliphatic heterocycles. The molecule has 0 unspecified atom stereocenters. The van der Waals surface area contributed by atoms with Crippen molar-refractivity contribution in [1.82, 2.24) is 5.32 Å². The van der Waals surface area contributed by atoms with Crippen molar-refractivity contribution in [2.75, 3.05) is 19.0 Å². The van der Waals surface area contributed by atoms with Gasteiger partial charge >= 0.3 is 0 Å². The van der Waals surface area contributed by atoms with E-state index in [0.29, 0.717) is 34.3 Å². The number of hydrogen-bond donors (Lipinski definition) is 2. The highest BCUT2D eigenvalue weighted by Gasteiger charge is 2.12. The molecule has 0 heterocycles. The smallest absolute Gasteiger partial charge is 0.262 e. The van der Waals surface area contributed by atoms with Gasteiger partial charge in [0.15, 0.2) is 18.1 Å². The van der Waals surface area contributed by atoms with E-state index < -0.39 is 5.91 Å². The Labute approximate surface area is 208 Å². The number of aryl methyl sites for hydroxylation is 1. The van der Waals surface area contributed by atoms with Crippen LogP contribution in [0.5, 0.6) is 11.5 Å². The Morgan fingerprint density at radius 2 is 1.83 bits per heavy atom. The number of ether oxygens (including phenoxy) is 2. The molecule has 3 aromatic rings. The van der Waals surface area contributed by atoms with Gasteiger partial charge in [-0.25, -0.2) is 0 Å². The monoisotopic (exact) mass is 489 g/mol. The summed E-state index contributed by atoms with van der Waals surface area (Å²) in [7, 11) is 1.46. The third kappa shape index (κ3) is 7.36. The van der Waals surface area contributed by atoms with Crippen LogP contribution in [0.4, 0.5) is 5.69 Å². The van der Waals surface area contributed by atoms with Crippen LogP contribution in [0.2, 0.25) is 5.02 Å². The number of carbonyl (C=O) groups excluding carboxylic acids is 2. The number of halogens is 1. The lowest BCUT2D eigenvalue weighted by Crippen LogP contribution is -2.23. The topological polar surface area (TPSA) is 100 Å². The molecule has 0 fully saturated rings. The van der Waals surface area contributed by atoms with Crippen molar-refractivity contribution in [2.24, 2.45) is 0 Å². The molecule has 178 valence electrons. The summed E-state index contributed by atoms with van der Waals surface area (Å²) >= 11 is 6.09. The molecule has 0 radical (unpaired) electrons. The van der Waals surface area contributed by atoms with Crippen LogP contribution in [0.3, 0.4) is 0 Å². The SMILES string of the molecule is COc1cc(/C=C(\C#N)C(=O)NCc2ccccc2)ccc1OCC(=O)Nc1ccc(C)c(Cl)c1. The second-order valence-corrected chi connectivity index (χ2v) is 7.96. The van der Waals surface area contributed by atoms with Crippen LogP contribution in [0.15, 0.2) is 72.3 Å². The number of methoxy groups -OCH3 is 1. The maximum atomic E-state index is 12.4. The number of benzene rings is 3. The zero-order valence-electron chi connectivity index (χ0n) is 19.3. The summed E-state index contributed by atoms with van der Waals surface area (Å²) in [6.45, 7) is 1.94. The summed E-state index contributed by atoms with van der Waals surface area (Å²) in [5.74, 6) is -0.151. The van der Waals surface area contributed by atoms with Crippen LogP contribution in [-0.2, 0) is 16.1 Å².